The summed E-state index contributed by atoms with van der Waals surface area (Å²) in [7, 11) is 2.00. The predicted octanol–water partition coefficient (Wildman–Crippen LogP) is 2.32. The van der Waals surface area contributed by atoms with Gasteiger partial charge in [-0.1, -0.05) is 13.8 Å². The number of guanidine groups is 1. The summed E-state index contributed by atoms with van der Waals surface area (Å²) in [6.45, 7) is 13.9. The second-order valence-corrected chi connectivity index (χ2v) is 7.24. The molecule has 0 aromatic carbocycles. The summed E-state index contributed by atoms with van der Waals surface area (Å²) in [6, 6.07) is 0.862. The van der Waals surface area contributed by atoms with Crippen LogP contribution >= 0.6 is 0 Å². The fraction of sp³-hybridized carbons (Fsp3) is 0.765. The molecule has 0 radical (unpaired) electrons. The van der Waals surface area contributed by atoms with Gasteiger partial charge in [-0.2, -0.15) is 5.10 Å². The monoisotopic (exact) mass is 305 g/mol. The molecule has 2 N–H and O–H groups in total. The van der Waals surface area contributed by atoms with Crippen LogP contribution < -0.4 is 10.6 Å². The third kappa shape index (κ3) is 3.81. The summed E-state index contributed by atoms with van der Waals surface area (Å²) in [5.41, 5.74) is 4.11. The molecule has 1 aromatic heterocycles. The van der Waals surface area contributed by atoms with Crippen molar-refractivity contribution in [3.8, 4) is 0 Å². The highest BCUT2D eigenvalue weighted by molar-refractivity contribution is 5.80. The zero-order valence-electron chi connectivity index (χ0n) is 15.1. The minimum absolute atomic E-state index is 0.321. The van der Waals surface area contributed by atoms with Gasteiger partial charge in [0.2, 0.25) is 0 Å². The molecular formula is C17H31N5. The molecule has 2 rings (SSSR count). The first kappa shape index (κ1) is 16.8. The van der Waals surface area contributed by atoms with Crippen LogP contribution in [0.25, 0.3) is 0 Å². The van der Waals surface area contributed by atoms with Crippen molar-refractivity contribution in [3.63, 3.8) is 0 Å². The van der Waals surface area contributed by atoms with E-state index in [0.29, 0.717) is 17.5 Å². The highest BCUT2D eigenvalue weighted by Crippen LogP contribution is 2.44. The largest absolute Gasteiger partial charge is 0.354 e. The molecule has 0 spiro atoms. The smallest absolute Gasteiger partial charge is 0.191 e. The second kappa shape index (κ2) is 6.31. The third-order valence-corrected chi connectivity index (χ3v) is 4.69. The van der Waals surface area contributed by atoms with Crippen molar-refractivity contribution in [2.75, 3.05) is 6.54 Å². The molecule has 1 aromatic rings. The van der Waals surface area contributed by atoms with Crippen molar-refractivity contribution >= 4 is 5.96 Å². The highest BCUT2D eigenvalue weighted by atomic mass is 15.3. The van der Waals surface area contributed by atoms with E-state index in [0.717, 1.165) is 24.6 Å². The van der Waals surface area contributed by atoms with E-state index in [9.17, 15) is 0 Å². The topological polar surface area (TPSA) is 54.2 Å². The van der Waals surface area contributed by atoms with Crippen molar-refractivity contribution in [2.24, 2.45) is 17.5 Å². The Bertz CT molecular complexity index is 556. The number of nitrogens with zero attached hydrogens (tertiary/aromatic N) is 3. The lowest BCUT2D eigenvalue weighted by atomic mass is 10.1. The third-order valence-electron chi connectivity index (χ3n) is 4.69. The molecule has 1 saturated carbocycles. The van der Waals surface area contributed by atoms with Crippen LogP contribution in [-0.2, 0) is 13.5 Å². The zero-order valence-corrected chi connectivity index (χ0v) is 15.1. The highest BCUT2D eigenvalue weighted by Gasteiger charge is 2.46. The van der Waals surface area contributed by atoms with Crippen molar-refractivity contribution < 1.29 is 0 Å². The van der Waals surface area contributed by atoms with Crippen LogP contribution in [0.4, 0.5) is 0 Å². The van der Waals surface area contributed by atoms with E-state index in [1.165, 1.54) is 17.7 Å². The summed E-state index contributed by atoms with van der Waals surface area (Å²) in [6.07, 6.45) is 2.18. The lowest BCUT2D eigenvalue weighted by molar-refractivity contribution is 0.576. The van der Waals surface area contributed by atoms with E-state index in [1.807, 2.05) is 11.7 Å². The summed E-state index contributed by atoms with van der Waals surface area (Å²) < 4.78 is 1.96. The Hall–Kier alpha value is -1.52. The number of aliphatic imine (C=N–C) groups is 1. The van der Waals surface area contributed by atoms with Gasteiger partial charge in [0.25, 0.3) is 0 Å². The van der Waals surface area contributed by atoms with Crippen LogP contribution in [0.1, 0.15) is 51.1 Å². The molecule has 5 nitrogen and oxygen atoms in total. The van der Waals surface area contributed by atoms with Gasteiger partial charge in [0.15, 0.2) is 5.96 Å². The quantitative estimate of drug-likeness (QED) is 0.648. The molecule has 5 heteroatoms. The normalized spacial score (nSPS) is 21.6. The summed E-state index contributed by atoms with van der Waals surface area (Å²) in [5.74, 6) is 0.935. The van der Waals surface area contributed by atoms with Gasteiger partial charge < -0.3 is 10.6 Å². The van der Waals surface area contributed by atoms with Gasteiger partial charge in [-0.05, 0) is 51.5 Å². The predicted molar refractivity (Wildman–Crippen MR) is 92.3 cm³/mol. The molecule has 0 saturated heterocycles. The van der Waals surface area contributed by atoms with Crippen LogP contribution in [0.15, 0.2) is 4.99 Å². The van der Waals surface area contributed by atoms with Crippen LogP contribution in [0.3, 0.4) is 0 Å². The van der Waals surface area contributed by atoms with Crippen molar-refractivity contribution in [1.29, 1.82) is 0 Å². The first-order valence-electron chi connectivity index (χ1n) is 8.31. The van der Waals surface area contributed by atoms with Gasteiger partial charge in [0.05, 0.1) is 5.69 Å². The van der Waals surface area contributed by atoms with Gasteiger partial charge in [-0.3, -0.25) is 9.67 Å². The van der Waals surface area contributed by atoms with E-state index in [4.69, 9.17) is 0 Å². The fourth-order valence-electron chi connectivity index (χ4n) is 2.87. The maximum absolute atomic E-state index is 4.58. The van der Waals surface area contributed by atoms with E-state index >= 15 is 0 Å². The van der Waals surface area contributed by atoms with Gasteiger partial charge in [0.1, 0.15) is 0 Å². The standard InChI is InChI=1S/C17H31N5/c1-8-18-16(20-15-10-17(15,5)6)19-11(2)9-14-12(3)21-22(7)13(14)4/h11,15H,8-10H2,1-7H3,(H2,18,19,20). The Labute approximate surface area is 134 Å². The Morgan fingerprint density at radius 3 is 2.55 bits per heavy atom. The molecule has 0 bridgehead atoms. The lowest BCUT2D eigenvalue weighted by Crippen LogP contribution is -2.45. The first-order chi connectivity index (χ1) is 10.2. The van der Waals surface area contributed by atoms with Gasteiger partial charge in [-0.15, -0.1) is 0 Å². The Kier molecular flexibility index (Phi) is 4.83. The molecule has 0 amide bonds. The summed E-state index contributed by atoms with van der Waals surface area (Å²) >= 11 is 0. The maximum atomic E-state index is 4.58. The Balaban J connectivity index is 1.96. The molecular weight excluding hydrogens is 274 g/mol. The summed E-state index contributed by atoms with van der Waals surface area (Å²) in [4.78, 5) is 4.58. The zero-order chi connectivity index (χ0) is 16.5. The molecule has 1 heterocycles. The number of nitrogens with one attached hydrogen (secondary N) is 2. The molecule has 2 unspecified atom stereocenters. The maximum Gasteiger partial charge on any atom is 0.191 e. The van der Waals surface area contributed by atoms with Crippen LogP contribution in [-0.4, -0.2) is 34.4 Å². The molecule has 1 aliphatic rings. The molecule has 2 atom stereocenters. The Morgan fingerprint density at radius 2 is 2.09 bits per heavy atom. The average molecular weight is 305 g/mol. The number of hydrogen-bond donors (Lipinski definition) is 2. The SMILES string of the molecule is CCN=C(NC(C)Cc1c(C)nn(C)c1C)NC1CC1(C)C. The van der Waals surface area contributed by atoms with Crippen LogP contribution in [0, 0.1) is 19.3 Å². The number of hydrogen-bond acceptors (Lipinski definition) is 2. The van der Waals surface area contributed by atoms with Crippen LogP contribution in [0.2, 0.25) is 0 Å². The van der Waals surface area contributed by atoms with E-state index in [-0.39, 0.29) is 0 Å². The average Bonchev–Trinajstić information content (AvgIpc) is 2.93. The molecule has 0 aliphatic heterocycles. The molecule has 1 fully saturated rings. The van der Waals surface area contributed by atoms with Crippen LogP contribution in [0.5, 0.6) is 0 Å². The van der Waals surface area contributed by atoms with Gasteiger partial charge >= 0.3 is 0 Å². The molecule has 124 valence electrons. The first-order valence-corrected chi connectivity index (χ1v) is 8.31. The lowest BCUT2D eigenvalue weighted by Gasteiger charge is -2.19. The van der Waals surface area contributed by atoms with E-state index < -0.39 is 0 Å². The minimum Gasteiger partial charge on any atom is -0.354 e. The molecule has 22 heavy (non-hydrogen) atoms. The number of aryl methyl sites for hydroxylation is 2. The van der Waals surface area contributed by atoms with Crippen molar-refractivity contribution in [1.82, 2.24) is 20.4 Å². The second-order valence-electron chi connectivity index (χ2n) is 7.24. The minimum atomic E-state index is 0.321. The van der Waals surface area contributed by atoms with E-state index in [2.05, 4.69) is 62.3 Å². The van der Waals surface area contributed by atoms with Gasteiger partial charge in [-0.25, -0.2) is 0 Å². The Morgan fingerprint density at radius 1 is 1.45 bits per heavy atom. The number of aromatic nitrogens is 2. The number of rotatable bonds is 5. The van der Waals surface area contributed by atoms with Crippen molar-refractivity contribution in [3.05, 3.63) is 17.0 Å². The fourth-order valence-corrected chi connectivity index (χ4v) is 2.87. The summed E-state index contributed by atoms with van der Waals surface area (Å²) in [5, 5.41) is 11.6. The van der Waals surface area contributed by atoms with Crippen molar-refractivity contribution in [2.45, 2.75) is 66.5 Å². The van der Waals surface area contributed by atoms with E-state index in [1.54, 1.807) is 0 Å². The molecule has 1 aliphatic carbocycles. The van der Waals surface area contributed by atoms with Gasteiger partial charge in [0, 0.05) is 31.4 Å².